The summed E-state index contributed by atoms with van der Waals surface area (Å²) < 4.78 is 7.13. The van der Waals surface area contributed by atoms with Crippen molar-refractivity contribution in [2.24, 2.45) is 0 Å². The lowest BCUT2D eigenvalue weighted by molar-refractivity contribution is 0.0478. The minimum absolute atomic E-state index is 0.0698. The lowest BCUT2D eigenvalue weighted by Gasteiger charge is -2.33. The van der Waals surface area contributed by atoms with Gasteiger partial charge in [-0.25, -0.2) is 9.78 Å². The molecule has 1 aromatic heterocycles. The van der Waals surface area contributed by atoms with E-state index in [1.54, 1.807) is 4.57 Å². The molecule has 1 aliphatic heterocycles. The molecule has 0 atom stereocenters. The van der Waals surface area contributed by atoms with Crippen molar-refractivity contribution in [3.8, 4) is 0 Å². The average Bonchev–Trinajstić information content (AvgIpc) is 2.60. The summed E-state index contributed by atoms with van der Waals surface area (Å²) in [5, 5.41) is 2.96. The quantitative estimate of drug-likeness (QED) is 0.874. The van der Waals surface area contributed by atoms with Crippen LogP contribution in [-0.2, 0) is 11.3 Å². The molecule has 7 heteroatoms. The van der Waals surface area contributed by atoms with E-state index in [2.05, 4.69) is 15.2 Å². The maximum absolute atomic E-state index is 12.3. The number of piperidine rings is 1. The Morgan fingerprint density at radius 3 is 2.64 bits per heavy atom. The molecule has 2 aromatic rings. The Kier molecular flexibility index (Phi) is 6.03. The van der Waals surface area contributed by atoms with Crippen molar-refractivity contribution in [3.63, 3.8) is 0 Å². The Labute approximate surface area is 165 Å². The van der Waals surface area contributed by atoms with Crippen molar-refractivity contribution in [2.45, 2.75) is 58.7 Å². The molecule has 0 radical (unpaired) electrons. The molecule has 3 rings (SSSR count). The molecule has 0 unspecified atom stereocenters. The number of ether oxygens (including phenoxy) is 1. The zero-order valence-electron chi connectivity index (χ0n) is 17.2. The van der Waals surface area contributed by atoms with Gasteiger partial charge in [0.25, 0.3) is 5.56 Å². The zero-order chi connectivity index (χ0) is 20.3. The van der Waals surface area contributed by atoms with E-state index < -0.39 is 5.60 Å². The average molecular weight is 386 g/mol. The second-order valence-corrected chi connectivity index (χ2v) is 8.50. The van der Waals surface area contributed by atoms with E-state index >= 15 is 0 Å². The van der Waals surface area contributed by atoms with Gasteiger partial charge in [-0.2, -0.15) is 0 Å². The molecule has 1 N–H and O–H groups in total. The Hall–Kier alpha value is -2.41. The minimum Gasteiger partial charge on any atom is -0.444 e. The van der Waals surface area contributed by atoms with Crippen LogP contribution < -0.4 is 10.9 Å². The predicted octanol–water partition coefficient (Wildman–Crippen LogP) is 2.69. The first kappa shape index (κ1) is 20.3. The van der Waals surface area contributed by atoms with Crippen LogP contribution in [0.4, 0.5) is 4.79 Å². The van der Waals surface area contributed by atoms with Gasteiger partial charge in [0, 0.05) is 32.2 Å². The first-order valence-corrected chi connectivity index (χ1v) is 9.89. The first-order valence-electron chi connectivity index (χ1n) is 9.89. The Balaban J connectivity index is 1.54. The van der Waals surface area contributed by atoms with Gasteiger partial charge in [-0.3, -0.25) is 4.79 Å². The second-order valence-electron chi connectivity index (χ2n) is 8.50. The van der Waals surface area contributed by atoms with Crippen molar-refractivity contribution in [1.29, 1.82) is 0 Å². The molecule has 7 nitrogen and oxygen atoms in total. The van der Waals surface area contributed by atoms with Crippen LogP contribution in [-0.4, -0.2) is 51.8 Å². The number of hydrogen-bond donors (Lipinski definition) is 1. The first-order chi connectivity index (χ1) is 13.2. The third kappa shape index (κ3) is 5.32. The minimum atomic E-state index is -0.482. The fourth-order valence-electron chi connectivity index (χ4n) is 3.52. The lowest BCUT2D eigenvalue weighted by atomic mass is 10.1. The van der Waals surface area contributed by atoms with Gasteiger partial charge in [-0.1, -0.05) is 6.07 Å². The van der Waals surface area contributed by atoms with Crippen molar-refractivity contribution >= 4 is 17.1 Å². The molecule has 28 heavy (non-hydrogen) atoms. The molecule has 2 heterocycles. The van der Waals surface area contributed by atoms with Crippen molar-refractivity contribution in [2.75, 3.05) is 19.6 Å². The molecule has 1 aliphatic rings. The molecule has 1 fully saturated rings. The number of carbonyl (C=O) groups is 1. The van der Waals surface area contributed by atoms with Crippen LogP contribution >= 0.6 is 0 Å². The van der Waals surface area contributed by atoms with E-state index in [0.29, 0.717) is 6.54 Å². The molecule has 1 amide bonds. The molecule has 0 aliphatic carbocycles. The summed E-state index contributed by atoms with van der Waals surface area (Å²) in [6.45, 7) is 10.8. The molecule has 1 aromatic carbocycles. The van der Waals surface area contributed by atoms with Crippen molar-refractivity contribution < 1.29 is 9.53 Å². The third-order valence-corrected chi connectivity index (χ3v) is 4.95. The van der Waals surface area contributed by atoms with Crippen LogP contribution in [0.3, 0.4) is 0 Å². The van der Waals surface area contributed by atoms with Gasteiger partial charge < -0.3 is 19.5 Å². The summed E-state index contributed by atoms with van der Waals surface area (Å²) in [5.41, 5.74) is 2.28. The lowest BCUT2D eigenvalue weighted by Crippen LogP contribution is -2.46. The topological polar surface area (TPSA) is 76.5 Å². The molecular formula is C21H30N4O3. The monoisotopic (exact) mass is 386 g/mol. The number of nitrogens with one attached hydrogen (secondary N) is 1. The van der Waals surface area contributed by atoms with Crippen LogP contribution in [0.25, 0.3) is 11.0 Å². The Morgan fingerprint density at radius 2 is 1.96 bits per heavy atom. The fourth-order valence-corrected chi connectivity index (χ4v) is 3.52. The maximum Gasteiger partial charge on any atom is 0.407 e. The number of alkyl carbamates (subject to hydrolysis) is 1. The van der Waals surface area contributed by atoms with Gasteiger partial charge in [0.2, 0.25) is 0 Å². The molecule has 0 bridgehead atoms. The number of aromatic nitrogens is 2. The third-order valence-electron chi connectivity index (χ3n) is 4.95. The van der Waals surface area contributed by atoms with Gasteiger partial charge >= 0.3 is 6.09 Å². The summed E-state index contributed by atoms with van der Waals surface area (Å²) in [7, 11) is 0. The van der Waals surface area contributed by atoms with Gasteiger partial charge in [0.15, 0.2) is 0 Å². The Morgan fingerprint density at radius 1 is 1.25 bits per heavy atom. The number of benzene rings is 1. The van der Waals surface area contributed by atoms with Crippen LogP contribution in [0.15, 0.2) is 29.2 Å². The highest BCUT2D eigenvalue weighted by Crippen LogP contribution is 2.14. The van der Waals surface area contributed by atoms with Gasteiger partial charge in [0.1, 0.15) is 5.60 Å². The largest absolute Gasteiger partial charge is 0.444 e. The Bertz CT molecular complexity index is 893. The highest BCUT2D eigenvalue weighted by Gasteiger charge is 2.23. The van der Waals surface area contributed by atoms with Crippen molar-refractivity contribution in [3.05, 3.63) is 40.3 Å². The number of rotatable bonds is 4. The van der Waals surface area contributed by atoms with Gasteiger partial charge in [0.05, 0.1) is 17.2 Å². The smallest absolute Gasteiger partial charge is 0.407 e. The molecular weight excluding hydrogens is 356 g/mol. The summed E-state index contributed by atoms with van der Waals surface area (Å²) in [6, 6.07) is 6.11. The number of aryl methyl sites for hydroxylation is 1. The fraction of sp³-hybridized carbons (Fsp3) is 0.571. The zero-order valence-corrected chi connectivity index (χ0v) is 17.2. The van der Waals surface area contributed by atoms with Crippen LogP contribution in [0, 0.1) is 6.92 Å². The predicted molar refractivity (Wildman–Crippen MR) is 110 cm³/mol. The molecule has 152 valence electrons. The normalized spacial score (nSPS) is 16.3. The van der Waals surface area contributed by atoms with Crippen LogP contribution in [0.2, 0.25) is 0 Å². The molecule has 0 spiro atoms. The molecule has 0 saturated carbocycles. The van der Waals surface area contributed by atoms with Crippen molar-refractivity contribution in [1.82, 2.24) is 19.8 Å². The van der Waals surface area contributed by atoms with E-state index in [-0.39, 0.29) is 17.7 Å². The van der Waals surface area contributed by atoms with Gasteiger partial charge in [-0.05, 0) is 58.2 Å². The van der Waals surface area contributed by atoms with Gasteiger partial charge in [-0.15, -0.1) is 0 Å². The van der Waals surface area contributed by atoms with E-state index in [4.69, 9.17) is 4.74 Å². The van der Waals surface area contributed by atoms with E-state index in [0.717, 1.165) is 49.1 Å². The number of fused-ring (bicyclic) bond motifs is 1. The van der Waals surface area contributed by atoms with Crippen LogP contribution in [0.5, 0.6) is 0 Å². The number of likely N-dealkylation sites (tertiary alicyclic amines) is 1. The van der Waals surface area contributed by atoms with Crippen LogP contribution in [0.1, 0.15) is 39.2 Å². The van der Waals surface area contributed by atoms with E-state index in [1.807, 2.05) is 45.9 Å². The second kappa shape index (κ2) is 8.31. The highest BCUT2D eigenvalue weighted by molar-refractivity contribution is 5.75. The summed E-state index contributed by atoms with van der Waals surface area (Å²) in [4.78, 5) is 30.8. The summed E-state index contributed by atoms with van der Waals surface area (Å²) in [5.74, 6) is 0. The summed E-state index contributed by atoms with van der Waals surface area (Å²) >= 11 is 0. The van der Waals surface area contributed by atoms with E-state index in [9.17, 15) is 9.59 Å². The number of amides is 1. The highest BCUT2D eigenvalue weighted by atomic mass is 16.6. The number of nitrogens with zero attached hydrogens (tertiary/aromatic N) is 3. The molecule has 1 saturated heterocycles. The number of carbonyl (C=O) groups excluding carboxylic acids is 1. The summed E-state index contributed by atoms with van der Waals surface area (Å²) in [6.07, 6.45) is 2.81. The standard InChI is InChI=1S/C21H30N4O3/c1-15-5-6-17-18(13-15)25(19(26)14-22-17)12-11-24-9-7-16(8-10-24)23-20(27)28-21(2,3)4/h5-6,13-14,16H,7-12H2,1-4H3,(H,23,27). The maximum atomic E-state index is 12.3. The number of hydrogen-bond acceptors (Lipinski definition) is 5. The SMILES string of the molecule is Cc1ccc2ncc(=O)n(CCN3CCC(NC(=O)OC(C)(C)C)CC3)c2c1. The van der Waals surface area contributed by atoms with E-state index in [1.165, 1.54) is 6.20 Å².